The maximum atomic E-state index is 14.8. The highest BCUT2D eigenvalue weighted by Gasteiger charge is 2.39. The number of rotatable bonds is 4. The quantitative estimate of drug-likeness (QED) is 0.253. The molecule has 3 heterocycles. The fraction of sp³-hybridized carbons (Fsp3) is 0.208. The first-order valence-electron chi connectivity index (χ1n) is 11.0. The summed E-state index contributed by atoms with van der Waals surface area (Å²) in [4.78, 5) is 47.4. The molecule has 2 aromatic heterocycles. The average Bonchev–Trinajstić information content (AvgIpc) is 3.57. The van der Waals surface area contributed by atoms with Gasteiger partial charge in [0.25, 0.3) is 17.6 Å². The minimum Gasteiger partial charge on any atom is -0.360 e. The first-order chi connectivity index (χ1) is 17.6. The molecule has 1 N–H and O–H groups in total. The third-order valence-electron chi connectivity index (χ3n) is 6.01. The van der Waals surface area contributed by atoms with Crippen LogP contribution >= 0.6 is 0 Å². The molecule has 1 saturated heterocycles. The number of aromatic amines is 1. The first kappa shape index (κ1) is 24.2. The van der Waals surface area contributed by atoms with Gasteiger partial charge in [0.15, 0.2) is 0 Å². The Labute approximate surface area is 205 Å². The van der Waals surface area contributed by atoms with Gasteiger partial charge in [-0.25, -0.2) is 4.39 Å². The monoisotopic (exact) mass is 515 g/mol. The van der Waals surface area contributed by atoms with Gasteiger partial charge < -0.3 is 19.3 Å². The summed E-state index contributed by atoms with van der Waals surface area (Å²) in [6.45, 7) is 0.613. The number of ketones is 1. The molecule has 2 aromatic carbocycles. The summed E-state index contributed by atoms with van der Waals surface area (Å²) >= 11 is 0. The van der Waals surface area contributed by atoms with Gasteiger partial charge in [-0.1, -0.05) is 23.4 Å². The van der Waals surface area contributed by atoms with Gasteiger partial charge in [-0.15, -0.1) is 0 Å². The predicted molar refractivity (Wildman–Crippen MR) is 120 cm³/mol. The summed E-state index contributed by atoms with van der Waals surface area (Å²) in [6, 6.07) is 10.7. The molecule has 1 aliphatic heterocycles. The number of aromatic nitrogens is 3. The Morgan fingerprint density at radius 3 is 2.27 bits per heavy atom. The van der Waals surface area contributed by atoms with Gasteiger partial charge in [0.1, 0.15) is 5.82 Å². The van der Waals surface area contributed by atoms with E-state index < -0.39 is 35.4 Å². The van der Waals surface area contributed by atoms with Crippen LogP contribution in [0.15, 0.2) is 53.2 Å². The number of Topliss-reactive ketones (excluding diaryl/α,β-unsaturated/α-hetero) is 1. The number of fused-ring (bicyclic) bond motifs is 1. The highest BCUT2D eigenvalue weighted by atomic mass is 19.4. The number of nitrogens with zero attached hydrogens (tertiary/aromatic N) is 4. The molecule has 0 spiro atoms. The Morgan fingerprint density at radius 1 is 0.946 bits per heavy atom. The molecule has 0 bridgehead atoms. The zero-order chi connectivity index (χ0) is 26.3. The number of halogens is 4. The fourth-order valence-corrected chi connectivity index (χ4v) is 4.16. The standard InChI is InChI=1S/C24H17F4N5O4/c25-16-7-6-14(20-30-23(37-31-20)24(26,27)28)18-17(16)15(12-29-18)19(34)22(36)33-10-8-32(9-11-33)21(35)13-4-2-1-3-5-13/h1-7,12,29H,8-11H2. The van der Waals surface area contributed by atoms with Crippen LogP contribution in [-0.4, -0.2) is 68.7 Å². The van der Waals surface area contributed by atoms with Gasteiger partial charge in [0.05, 0.1) is 11.1 Å². The van der Waals surface area contributed by atoms with Crippen molar-refractivity contribution in [2.75, 3.05) is 26.2 Å². The molecular weight excluding hydrogens is 498 g/mol. The number of piperazine rings is 1. The highest BCUT2D eigenvalue weighted by molar-refractivity contribution is 6.45. The van der Waals surface area contributed by atoms with E-state index in [1.54, 1.807) is 35.2 Å². The van der Waals surface area contributed by atoms with Crippen molar-refractivity contribution < 1.29 is 36.5 Å². The molecular formula is C24H17F4N5O4. The van der Waals surface area contributed by atoms with Crippen molar-refractivity contribution in [1.29, 1.82) is 0 Å². The lowest BCUT2D eigenvalue weighted by molar-refractivity contribution is -0.159. The topological polar surface area (TPSA) is 112 Å². The number of carbonyl (C=O) groups excluding carboxylic acids is 3. The molecule has 0 radical (unpaired) electrons. The van der Waals surface area contributed by atoms with E-state index in [2.05, 4.69) is 19.6 Å². The van der Waals surface area contributed by atoms with Crippen LogP contribution in [0.3, 0.4) is 0 Å². The van der Waals surface area contributed by atoms with Crippen LogP contribution in [0.5, 0.6) is 0 Å². The first-order valence-corrected chi connectivity index (χ1v) is 11.0. The molecule has 1 aliphatic rings. The molecule has 0 saturated carbocycles. The lowest BCUT2D eigenvalue weighted by Crippen LogP contribution is -2.52. The second kappa shape index (κ2) is 9.15. The molecule has 13 heteroatoms. The molecule has 4 aromatic rings. The number of hydrogen-bond donors (Lipinski definition) is 1. The minimum atomic E-state index is -4.87. The van der Waals surface area contributed by atoms with Gasteiger partial charge in [-0.2, -0.15) is 18.2 Å². The Hall–Kier alpha value is -4.55. The molecule has 0 atom stereocenters. The lowest BCUT2D eigenvalue weighted by atomic mass is 10.0. The van der Waals surface area contributed by atoms with E-state index in [9.17, 15) is 31.9 Å². The number of hydrogen-bond acceptors (Lipinski definition) is 6. The Kier molecular flexibility index (Phi) is 5.97. The number of benzene rings is 2. The van der Waals surface area contributed by atoms with Crippen LogP contribution < -0.4 is 0 Å². The number of alkyl halides is 3. The molecule has 5 rings (SSSR count). The molecule has 0 aliphatic carbocycles. The molecule has 0 unspecified atom stereocenters. The third kappa shape index (κ3) is 4.43. The summed E-state index contributed by atoms with van der Waals surface area (Å²) in [5.41, 5.74) is 0.105. The smallest absolute Gasteiger partial charge is 0.360 e. The predicted octanol–water partition coefficient (Wildman–Crippen LogP) is 3.54. The number of nitrogens with one attached hydrogen (secondary N) is 1. The Balaban J connectivity index is 1.36. The molecule has 190 valence electrons. The van der Waals surface area contributed by atoms with E-state index in [0.717, 1.165) is 18.3 Å². The third-order valence-corrected chi connectivity index (χ3v) is 6.01. The maximum Gasteiger partial charge on any atom is 0.471 e. The van der Waals surface area contributed by atoms with E-state index in [-0.39, 0.29) is 54.1 Å². The van der Waals surface area contributed by atoms with E-state index in [1.165, 1.54) is 4.90 Å². The van der Waals surface area contributed by atoms with Gasteiger partial charge in [-0.05, 0) is 24.3 Å². The molecule has 9 nitrogen and oxygen atoms in total. The molecule has 2 amide bonds. The van der Waals surface area contributed by atoms with Crippen molar-refractivity contribution in [2.45, 2.75) is 6.18 Å². The van der Waals surface area contributed by atoms with E-state index in [4.69, 9.17) is 0 Å². The largest absolute Gasteiger partial charge is 0.471 e. The van der Waals surface area contributed by atoms with Crippen LogP contribution in [0, 0.1) is 5.82 Å². The van der Waals surface area contributed by atoms with E-state index in [0.29, 0.717) is 5.56 Å². The van der Waals surface area contributed by atoms with E-state index in [1.807, 2.05) is 0 Å². The Morgan fingerprint density at radius 2 is 1.62 bits per heavy atom. The second-order valence-electron chi connectivity index (χ2n) is 8.25. The van der Waals surface area contributed by atoms with Crippen LogP contribution in [0.25, 0.3) is 22.3 Å². The zero-order valence-corrected chi connectivity index (χ0v) is 18.9. The van der Waals surface area contributed by atoms with Crippen molar-refractivity contribution in [3.8, 4) is 11.4 Å². The summed E-state index contributed by atoms with van der Waals surface area (Å²) in [5.74, 6) is -5.01. The van der Waals surface area contributed by atoms with Crippen LogP contribution in [0.4, 0.5) is 17.6 Å². The van der Waals surface area contributed by atoms with Gasteiger partial charge >= 0.3 is 12.1 Å². The maximum absolute atomic E-state index is 14.8. The van der Waals surface area contributed by atoms with Crippen molar-refractivity contribution in [3.05, 3.63) is 71.5 Å². The second-order valence-corrected chi connectivity index (χ2v) is 8.25. The van der Waals surface area contributed by atoms with Gasteiger partial charge in [0.2, 0.25) is 5.82 Å². The Bertz CT molecular complexity index is 1500. The van der Waals surface area contributed by atoms with E-state index >= 15 is 0 Å². The van der Waals surface area contributed by atoms with Crippen LogP contribution in [0.2, 0.25) is 0 Å². The van der Waals surface area contributed by atoms with Gasteiger partial charge in [0, 0.05) is 48.9 Å². The zero-order valence-electron chi connectivity index (χ0n) is 18.9. The summed E-state index contributed by atoms with van der Waals surface area (Å²) in [5, 5.41) is 3.01. The average molecular weight is 515 g/mol. The number of carbonyl (C=O) groups is 3. The number of H-pyrrole nitrogens is 1. The number of amides is 2. The van der Waals surface area contributed by atoms with Crippen LogP contribution in [0.1, 0.15) is 26.6 Å². The SMILES string of the molecule is O=C(C(=O)N1CCN(C(=O)c2ccccc2)CC1)c1c[nH]c2c(-c3noc(C(F)(F)F)n3)ccc(F)c12. The fourth-order valence-electron chi connectivity index (χ4n) is 4.16. The van der Waals surface area contributed by atoms with Crippen molar-refractivity contribution in [3.63, 3.8) is 0 Å². The van der Waals surface area contributed by atoms with Crippen molar-refractivity contribution in [2.24, 2.45) is 0 Å². The minimum absolute atomic E-state index is 0.0461. The van der Waals surface area contributed by atoms with Crippen molar-refractivity contribution >= 4 is 28.5 Å². The summed E-state index contributed by atoms with van der Waals surface area (Å²) in [7, 11) is 0. The summed E-state index contributed by atoms with van der Waals surface area (Å²) < 4.78 is 57.5. The van der Waals surface area contributed by atoms with Gasteiger partial charge in [-0.3, -0.25) is 14.4 Å². The lowest BCUT2D eigenvalue weighted by Gasteiger charge is -2.34. The highest BCUT2D eigenvalue weighted by Crippen LogP contribution is 2.33. The van der Waals surface area contributed by atoms with Crippen LogP contribution in [-0.2, 0) is 11.0 Å². The van der Waals surface area contributed by atoms with Crippen molar-refractivity contribution in [1.82, 2.24) is 24.9 Å². The summed E-state index contributed by atoms with van der Waals surface area (Å²) in [6.07, 6.45) is -3.76. The molecule has 37 heavy (non-hydrogen) atoms. The normalized spacial score (nSPS) is 14.3. The molecule has 1 fully saturated rings.